The van der Waals surface area contributed by atoms with Crippen LogP contribution in [0.15, 0.2) is 42.6 Å². The van der Waals surface area contributed by atoms with Crippen LogP contribution in [0.3, 0.4) is 0 Å². The highest BCUT2D eigenvalue weighted by Crippen LogP contribution is 2.43. The largest absolute Gasteiger partial charge is 0.383 e. The summed E-state index contributed by atoms with van der Waals surface area (Å²) in [6.45, 7) is 1.91. The van der Waals surface area contributed by atoms with Gasteiger partial charge >= 0.3 is 0 Å². The Morgan fingerprint density at radius 3 is 2.60 bits per heavy atom. The molecule has 2 heterocycles. The van der Waals surface area contributed by atoms with E-state index in [0.29, 0.717) is 0 Å². The van der Waals surface area contributed by atoms with E-state index in [4.69, 9.17) is 0 Å². The number of anilines is 1. The van der Waals surface area contributed by atoms with E-state index in [1.54, 1.807) is 0 Å². The second-order valence-electron chi connectivity index (χ2n) is 7.12. The number of hydrogen-bond donors (Lipinski definition) is 1. The van der Waals surface area contributed by atoms with Gasteiger partial charge in [0.05, 0.1) is 11.3 Å². The minimum atomic E-state index is -0.00987. The molecule has 4 rings (SSSR count). The van der Waals surface area contributed by atoms with Crippen LogP contribution in [0.2, 0.25) is 0 Å². The van der Waals surface area contributed by atoms with Crippen LogP contribution in [-0.4, -0.2) is 43.4 Å². The van der Waals surface area contributed by atoms with Crippen LogP contribution in [0, 0.1) is 0 Å². The van der Waals surface area contributed by atoms with Gasteiger partial charge in [-0.2, -0.15) is 0 Å². The molecule has 0 saturated carbocycles. The molecule has 1 amide bonds. The van der Waals surface area contributed by atoms with Crippen molar-refractivity contribution in [2.75, 3.05) is 33.0 Å². The fraction of sp³-hybridized carbons (Fsp3) is 0.286. The molecule has 2 aromatic rings. The third kappa shape index (κ3) is 2.72. The Morgan fingerprint density at radius 1 is 1.12 bits per heavy atom. The molecule has 0 atom stereocenters. The first-order chi connectivity index (χ1) is 12.0. The number of benzene rings is 2. The third-order valence-electron chi connectivity index (χ3n) is 4.97. The van der Waals surface area contributed by atoms with Crippen molar-refractivity contribution in [3.63, 3.8) is 0 Å². The van der Waals surface area contributed by atoms with Gasteiger partial charge in [0, 0.05) is 38.9 Å². The van der Waals surface area contributed by atoms with Crippen LogP contribution in [-0.2, 0) is 17.8 Å². The van der Waals surface area contributed by atoms with Crippen molar-refractivity contribution >= 4 is 17.2 Å². The van der Waals surface area contributed by atoms with Gasteiger partial charge in [-0.1, -0.05) is 30.3 Å². The van der Waals surface area contributed by atoms with Gasteiger partial charge in [-0.15, -0.1) is 0 Å². The predicted octanol–water partition coefficient (Wildman–Crippen LogP) is 3.20. The maximum atomic E-state index is 12.6. The molecular weight excluding hydrogens is 310 g/mol. The molecule has 0 bridgehead atoms. The molecule has 0 aromatic heterocycles. The quantitative estimate of drug-likeness (QED) is 0.858. The number of nitrogens with one attached hydrogen (secondary N) is 1. The van der Waals surface area contributed by atoms with Gasteiger partial charge < -0.3 is 15.1 Å². The van der Waals surface area contributed by atoms with Gasteiger partial charge in [-0.25, -0.2) is 0 Å². The molecule has 0 spiro atoms. The Hall–Kier alpha value is -2.59. The highest BCUT2D eigenvalue weighted by Gasteiger charge is 2.31. The lowest BCUT2D eigenvalue weighted by atomic mass is 9.87. The highest BCUT2D eigenvalue weighted by molar-refractivity contribution is 6.32. The topological polar surface area (TPSA) is 35.6 Å². The number of rotatable bonds is 2. The summed E-state index contributed by atoms with van der Waals surface area (Å²) in [5.74, 6) is -0.00987. The summed E-state index contributed by atoms with van der Waals surface area (Å²) in [5, 5.41) is 3.12. The molecule has 4 nitrogen and oxygen atoms in total. The molecular formula is C21H23N3O. The summed E-state index contributed by atoms with van der Waals surface area (Å²) in [7, 11) is 6.03. The van der Waals surface area contributed by atoms with Gasteiger partial charge in [0.1, 0.15) is 0 Å². The first-order valence-electron chi connectivity index (χ1n) is 8.67. The van der Waals surface area contributed by atoms with Crippen LogP contribution in [0.5, 0.6) is 0 Å². The Labute approximate surface area is 148 Å². The summed E-state index contributed by atoms with van der Waals surface area (Å²) in [6, 6.07) is 12.7. The van der Waals surface area contributed by atoms with E-state index >= 15 is 0 Å². The lowest BCUT2D eigenvalue weighted by Crippen LogP contribution is -2.27. The van der Waals surface area contributed by atoms with E-state index < -0.39 is 0 Å². The smallest absolute Gasteiger partial charge is 0.257 e. The van der Waals surface area contributed by atoms with Crippen LogP contribution in [0.1, 0.15) is 16.7 Å². The van der Waals surface area contributed by atoms with E-state index in [1.807, 2.05) is 31.3 Å². The van der Waals surface area contributed by atoms with Crippen LogP contribution in [0.4, 0.5) is 5.69 Å². The Morgan fingerprint density at radius 2 is 1.88 bits per heavy atom. The maximum Gasteiger partial charge on any atom is 0.257 e. The predicted molar refractivity (Wildman–Crippen MR) is 102 cm³/mol. The van der Waals surface area contributed by atoms with Crippen molar-refractivity contribution in [3.05, 3.63) is 59.3 Å². The highest BCUT2D eigenvalue weighted by atomic mass is 16.2. The molecule has 2 aromatic carbocycles. The average molecular weight is 333 g/mol. The SMILES string of the molecule is CN(C)/C=C1/C(=O)Nc2c1cc(-c1ccccc1)c1c2CN(C)CC1. The molecule has 0 radical (unpaired) electrons. The van der Waals surface area contributed by atoms with Crippen molar-refractivity contribution in [2.24, 2.45) is 0 Å². The fourth-order valence-electron chi connectivity index (χ4n) is 3.81. The average Bonchev–Trinajstić information content (AvgIpc) is 2.90. The zero-order chi connectivity index (χ0) is 17.6. The molecule has 2 aliphatic rings. The number of nitrogens with zero attached hydrogens (tertiary/aromatic N) is 2. The van der Waals surface area contributed by atoms with E-state index in [-0.39, 0.29) is 5.91 Å². The van der Waals surface area contributed by atoms with E-state index in [0.717, 1.165) is 36.3 Å². The minimum absolute atomic E-state index is 0.00987. The fourth-order valence-corrected chi connectivity index (χ4v) is 3.81. The zero-order valence-electron chi connectivity index (χ0n) is 15.0. The first-order valence-corrected chi connectivity index (χ1v) is 8.67. The minimum Gasteiger partial charge on any atom is -0.383 e. The number of fused-ring (bicyclic) bond motifs is 3. The summed E-state index contributed by atoms with van der Waals surface area (Å²) < 4.78 is 0. The van der Waals surface area contributed by atoms with E-state index in [9.17, 15) is 4.79 Å². The normalized spacial score (nSPS) is 18.0. The Kier molecular flexibility index (Phi) is 3.85. The lowest BCUT2D eigenvalue weighted by molar-refractivity contribution is -0.110. The molecule has 0 unspecified atom stereocenters. The Balaban J connectivity index is 1.98. The number of carbonyl (C=O) groups is 1. The number of amides is 1. The van der Waals surface area contributed by atoms with Crippen molar-refractivity contribution in [2.45, 2.75) is 13.0 Å². The van der Waals surface area contributed by atoms with Crippen molar-refractivity contribution in [1.82, 2.24) is 9.80 Å². The maximum absolute atomic E-state index is 12.6. The molecule has 1 N–H and O–H groups in total. The summed E-state index contributed by atoms with van der Waals surface area (Å²) in [4.78, 5) is 16.8. The van der Waals surface area contributed by atoms with E-state index in [1.165, 1.54) is 22.3 Å². The van der Waals surface area contributed by atoms with Gasteiger partial charge in [0.15, 0.2) is 0 Å². The number of carbonyl (C=O) groups excluding carboxylic acids is 1. The summed E-state index contributed by atoms with van der Waals surface area (Å²) in [5.41, 5.74) is 7.87. The van der Waals surface area contributed by atoms with Crippen molar-refractivity contribution in [1.29, 1.82) is 0 Å². The summed E-state index contributed by atoms with van der Waals surface area (Å²) in [6.07, 6.45) is 2.92. The van der Waals surface area contributed by atoms with Gasteiger partial charge in [0.25, 0.3) is 5.91 Å². The lowest BCUT2D eigenvalue weighted by Gasteiger charge is -2.29. The van der Waals surface area contributed by atoms with Crippen molar-refractivity contribution in [3.8, 4) is 11.1 Å². The molecule has 0 fully saturated rings. The van der Waals surface area contributed by atoms with Crippen molar-refractivity contribution < 1.29 is 4.79 Å². The van der Waals surface area contributed by atoms with Crippen LogP contribution < -0.4 is 5.32 Å². The monoisotopic (exact) mass is 333 g/mol. The van der Waals surface area contributed by atoms with Crippen LogP contribution >= 0.6 is 0 Å². The standard InChI is InChI=1S/C21H23N3O/c1-23(2)12-19-17-11-16(14-7-5-4-6-8-14)15-9-10-24(3)13-18(15)20(17)22-21(19)25/h4-8,11-12H,9-10,13H2,1-3H3,(H,22,25)/b19-12+. The van der Waals surface area contributed by atoms with Gasteiger partial charge in [-0.05, 0) is 41.8 Å². The molecule has 0 saturated heterocycles. The number of hydrogen-bond acceptors (Lipinski definition) is 3. The number of likely N-dealkylation sites (N-methyl/N-ethyl adjacent to an activating group) is 1. The zero-order valence-corrected chi connectivity index (χ0v) is 15.0. The second kappa shape index (κ2) is 6.05. The van der Waals surface area contributed by atoms with Crippen LogP contribution in [0.25, 0.3) is 16.7 Å². The first kappa shape index (κ1) is 15.9. The molecule has 2 aliphatic heterocycles. The van der Waals surface area contributed by atoms with Gasteiger partial charge in [-0.3, -0.25) is 4.79 Å². The second-order valence-corrected chi connectivity index (χ2v) is 7.12. The van der Waals surface area contributed by atoms with Gasteiger partial charge in [0.2, 0.25) is 0 Å². The molecule has 25 heavy (non-hydrogen) atoms. The third-order valence-corrected chi connectivity index (χ3v) is 4.97. The molecule has 128 valence electrons. The Bertz CT molecular complexity index is 868. The summed E-state index contributed by atoms with van der Waals surface area (Å²) >= 11 is 0. The molecule has 0 aliphatic carbocycles. The molecule has 4 heteroatoms. The van der Waals surface area contributed by atoms with E-state index in [2.05, 4.69) is 47.6 Å².